The molecular formula is C18H20O10. The molecule has 0 amide bonds. The first kappa shape index (κ1) is 21.0. The molecule has 2 heterocycles. The average Bonchev–Trinajstić information content (AvgIpc) is 3.12. The van der Waals surface area contributed by atoms with Gasteiger partial charge in [0.05, 0.1) is 12.8 Å². The SMILES string of the molecule is Cc1oc(=O)oc1C(C)OC(=O)CC=CCC(=O)OC(C)c1oc(=O)oc1C. The molecule has 0 aliphatic carbocycles. The van der Waals surface area contributed by atoms with Crippen LogP contribution in [-0.2, 0) is 19.1 Å². The molecule has 2 atom stereocenters. The lowest BCUT2D eigenvalue weighted by atomic mass is 10.2. The predicted octanol–water partition coefficient (Wildman–Crippen LogP) is 2.64. The highest BCUT2D eigenvalue weighted by Gasteiger charge is 2.21. The van der Waals surface area contributed by atoms with Crippen molar-refractivity contribution >= 4 is 11.9 Å². The summed E-state index contributed by atoms with van der Waals surface area (Å²) in [6, 6.07) is 0. The van der Waals surface area contributed by atoms with Gasteiger partial charge >= 0.3 is 23.6 Å². The number of carbonyl (C=O) groups is 2. The van der Waals surface area contributed by atoms with Gasteiger partial charge in [0.25, 0.3) is 0 Å². The van der Waals surface area contributed by atoms with Gasteiger partial charge in [-0.2, -0.15) is 0 Å². The fraction of sp³-hybridized carbons (Fsp3) is 0.444. The molecule has 10 nitrogen and oxygen atoms in total. The Hall–Kier alpha value is -3.30. The summed E-state index contributed by atoms with van der Waals surface area (Å²) < 4.78 is 29.3. The van der Waals surface area contributed by atoms with Crippen LogP contribution in [-0.4, -0.2) is 11.9 Å². The molecule has 0 aromatic carbocycles. The zero-order chi connectivity index (χ0) is 20.8. The van der Waals surface area contributed by atoms with Gasteiger partial charge in [0.2, 0.25) is 0 Å². The summed E-state index contributed by atoms with van der Waals surface area (Å²) >= 11 is 0. The molecule has 10 heteroatoms. The molecule has 0 saturated heterocycles. The molecule has 0 bridgehead atoms. The molecule has 0 fully saturated rings. The third-order valence-electron chi connectivity index (χ3n) is 3.64. The van der Waals surface area contributed by atoms with Crippen LogP contribution in [0, 0.1) is 13.8 Å². The van der Waals surface area contributed by atoms with Crippen molar-refractivity contribution in [2.45, 2.75) is 52.7 Å². The van der Waals surface area contributed by atoms with E-state index in [1.165, 1.54) is 39.8 Å². The molecule has 2 aromatic rings. The lowest BCUT2D eigenvalue weighted by Crippen LogP contribution is -2.09. The third kappa shape index (κ3) is 5.60. The highest BCUT2D eigenvalue weighted by molar-refractivity contribution is 5.73. The summed E-state index contributed by atoms with van der Waals surface area (Å²) in [6.07, 6.45) is 1.14. The van der Waals surface area contributed by atoms with E-state index in [4.69, 9.17) is 27.1 Å². The molecule has 0 aliphatic heterocycles. The minimum atomic E-state index is -0.868. The maximum Gasteiger partial charge on any atom is 0.519 e. The normalized spacial score (nSPS) is 13.4. The smallest absolute Gasteiger partial charge is 0.454 e. The van der Waals surface area contributed by atoms with Crippen molar-refractivity contribution in [2.75, 3.05) is 0 Å². The van der Waals surface area contributed by atoms with Gasteiger partial charge in [-0.25, -0.2) is 9.59 Å². The van der Waals surface area contributed by atoms with Gasteiger partial charge in [-0.15, -0.1) is 0 Å². The largest absolute Gasteiger partial charge is 0.519 e. The summed E-state index contributed by atoms with van der Waals surface area (Å²) in [7, 11) is 0. The van der Waals surface area contributed by atoms with E-state index in [0.717, 1.165) is 0 Å². The van der Waals surface area contributed by atoms with E-state index >= 15 is 0 Å². The zero-order valence-electron chi connectivity index (χ0n) is 15.8. The molecule has 152 valence electrons. The average molecular weight is 396 g/mol. The van der Waals surface area contributed by atoms with Crippen molar-refractivity contribution in [3.63, 3.8) is 0 Å². The van der Waals surface area contributed by atoms with Crippen LogP contribution in [0.15, 0.2) is 39.4 Å². The molecule has 2 unspecified atom stereocenters. The van der Waals surface area contributed by atoms with Crippen LogP contribution in [0.5, 0.6) is 0 Å². The van der Waals surface area contributed by atoms with Gasteiger partial charge in [0.1, 0.15) is 0 Å². The van der Waals surface area contributed by atoms with Gasteiger partial charge in [-0.05, 0) is 27.7 Å². The summed E-state index contributed by atoms with van der Waals surface area (Å²) in [4.78, 5) is 45.6. The number of aryl methyl sites for hydroxylation is 2. The second kappa shape index (κ2) is 9.07. The molecular weight excluding hydrogens is 376 g/mol. The standard InChI is InChI=1S/C18H20O10/c1-9(15-11(3)25-17(21)27-15)23-13(19)7-5-6-8-14(20)24-10(2)16-12(4)26-18(22)28-16/h5-6,9-10H,7-8H2,1-4H3. The van der Waals surface area contributed by atoms with E-state index in [1.807, 2.05) is 0 Å². The minimum absolute atomic E-state index is 0.0932. The molecule has 0 aliphatic rings. The maximum atomic E-state index is 11.8. The lowest BCUT2D eigenvalue weighted by Gasteiger charge is -2.10. The Labute approximate surface area is 158 Å². The third-order valence-corrected chi connectivity index (χ3v) is 3.64. The van der Waals surface area contributed by atoms with Crippen LogP contribution in [0.2, 0.25) is 0 Å². The number of carbonyl (C=O) groups excluding carboxylic acids is 2. The predicted molar refractivity (Wildman–Crippen MR) is 91.4 cm³/mol. The van der Waals surface area contributed by atoms with Crippen molar-refractivity contribution in [3.8, 4) is 0 Å². The monoisotopic (exact) mass is 396 g/mol. The number of hydrogen-bond acceptors (Lipinski definition) is 10. The second-order valence-corrected chi connectivity index (χ2v) is 5.89. The Morgan fingerprint density at radius 1 is 0.786 bits per heavy atom. The van der Waals surface area contributed by atoms with E-state index in [9.17, 15) is 19.2 Å². The van der Waals surface area contributed by atoms with Gasteiger partial charge in [-0.1, -0.05) is 12.2 Å². The molecule has 0 spiro atoms. The first-order valence-corrected chi connectivity index (χ1v) is 8.42. The quantitative estimate of drug-likeness (QED) is 0.483. The molecule has 28 heavy (non-hydrogen) atoms. The Kier molecular flexibility index (Phi) is 6.80. The highest BCUT2D eigenvalue weighted by Crippen LogP contribution is 2.21. The number of hydrogen-bond donors (Lipinski definition) is 0. The first-order valence-electron chi connectivity index (χ1n) is 8.42. The van der Waals surface area contributed by atoms with Crippen LogP contribution < -0.4 is 11.6 Å². The van der Waals surface area contributed by atoms with Crippen LogP contribution in [0.25, 0.3) is 0 Å². The number of rotatable bonds is 8. The number of esters is 2. The fourth-order valence-corrected chi connectivity index (χ4v) is 2.41. The van der Waals surface area contributed by atoms with Crippen molar-refractivity contribution in [1.82, 2.24) is 0 Å². The van der Waals surface area contributed by atoms with Crippen LogP contribution >= 0.6 is 0 Å². The molecule has 2 rings (SSSR count). The molecule has 0 N–H and O–H groups in total. The topological polar surface area (TPSA) is 139 Å². The van der Waals surface area contributed by atoms with E-state index < -0.39 is 35.8 Å². The Bertz CT molecular complexity index is 889. The van der Waals surface area contributed by atoms with Gasteiger partial charge in [0, 0.05) is 0 Å². The Balaban J connectivity index is 1.76. The molecule has 0 radical (unpaired) electrons. The van der Waals surface area contributed by atoms with E-state index in [0.29, 0.717) is 0 Å². The van der Waals surface area contributed by atoms with Gasteiger partial charge in [0.15, 0.2) is 35.2 Å². The van der Waals surface area contributed by atoms with Crippen molar-refractivity contribution < 1.29 is 36.7 Å². The van der Waals surface area contributed by atoms with E-state index in [1.54, 1.807) is 0 Å². The number of ether oxygens (including phenoxy) is 2. The van der Waals surface area contributed by atoms with Crippen LogP contribution in [0.4, 0.5) is 0 Å². The lowest BCUT2D eigenvalue weighted by molar-refractivity contribution is -0.149. The Morgan fingerprint density at radius 3 is 1.43 bits per heavy atom. The maximum absolute atomic E-state index is 11.8. The van der Waals surface area contributed by atoms with Crippen molar-refractivity contribution in [3.05, 3.63) is 56.4 Å². The molecule has 2 aromatic heterocycles. The van der Waals surface area contributed by atoms with Gasteiger partial charge < -0.3 is 27.1 Å². The zero-order valence-corrected chi connectivity index (χ0v) is 15.8. The van der Waals surface area contributed by atoms with E-state index in [-0.39, 0.29) is 35.9 Å². The molecule has 0 saturated carbocycles. The van der Waals surface area contributed by atoms with Gasteiger partial charge in [-0.3, -0.25) is 9.59 Å². The summed E-state index contributed by atoms with van der Waals surface area (Å²) in [5.74, 6) is -2.14. The Morgan fingerprint density at radius 2 is 1.14 bits per heavy atom. The van der Waals surface area contributed by atoms with Crippen LogP contribution in [0.3, 0.4) is 0 Å². The fourth-order valence-electron chi connectivity index (χ4n) is 2.41. The minimum Gasteiger partial charge on any atom is -0.454 e. The summed E-state index contributed by atoms with van der Waals surface area (Å²) in [5, 5.41) is 0. The first-order chi connectivity index (χ1) is 13.2. The van der Waals surface area contributed by atoms with Crippen molar-refractivity contribution in [2.24, 2.45) is 0 Å². The van der Waals surface area contributed by atoms with E-state index in [2.05, 4.69) is 0 Å². The summed E-state index contributed by atoms with van der Waals surface area (Å²) in [5.41, 5.74) is 0. The van der Waals surface area contributed by atoms with Crippen molar-refractivity contribution in [1.29, 1.82) is 0 Å². The van der Waals surface area contributed by atoms with Crippen LogP contribution in [0.1, 0.15) is 61.9 Å². The second-order valence-electron chi connectivity index (χ2n) is 5.89. The highest BCUT2D eigenvalue weighted by atomic mass is 16.6. The summed E-state index contributed by atoms with van der Waals surface area (Å²) in [6.45, 7) is 6.12.